The molecule has 2 heteroatoms. The summed E-state index contributed by atoms with van der Waals surface area (Å²) < 4.78 is 4.97. The fourth-order valence-electron chi connectivity index (χ4n) is 0.754. The van der Waals surface area contributed by atoms with Crippen LogP contribution in [0.2, 0.25) is 0 Å². The number of aromatic nitrogens is 1. The number of rotatable bonds is 1. The summed E-state index contributed by atoms with van der Waals surface area (Å²) >= 11 is 0. The lowest BCUT2D eigenvalue weighted by Gasteiger charge is -2.14. The quantitative estimate of drug-likeness (QED) is 0.593. The Morgan fingerprint density at radius 2 is 2.30 bits per heavy atom. The first-order valence-corrected chi connectivity index (χ1v) is 3.39. The first kappa shape index (κ1) is 7.32. The molecule has 1 radical (unpaired) electrons. The molecular formula is C8H12NO. The van der Waals surface area contributed by atoms with Crippen molar-refractivity contribution < 1.29 is 4.42 Å². The van der Waals surface area contributed by atoms with Gasteiger partial charge in [0, 0.05) is 6.42 Å². The molecule has 0 aliphatic heterocycles. The van der Waals surface area contributed by atoms with Crippen LogP contribution in [0.1, 0.15) is 26.7 Å². The molecule has 1 aromatic heterocycles. The minimum absolute atomic E-state index is 0.249. The van der Waals surface area contributed by atoms with Crippen LogP contribution >= 0.6 is 0 Å². The Hall–Kier alpha value is -0.790. The molecule has 10 heavy (non-hydrogen) atoms. The monoisotopic (exact) mass is 138 g/mol. The maximum Gasteiger partial charge on any atom is 0.195 e. The number of hydrogen-bond donors (Lipinski definition) is 0. The molecule has 0 aliphatic rings. The molecule has 0 aromatic carbocycles. The Morgan fingerprint density at radius 3 is 2.70 bits per heavy atom. The number of hydrogen-bond acceptors (Lipinski definition) is 2. The van der Waals surface area contributed by atoms with E-state index in [-0.39, 0.29) is 5.41 Å². The summed E-state index contributed by atoms with van der Waals surface area (Å²) in [7, 11) is 0. The Morgan fingerprint density at radius 1 is 1.60 bits per heavy atom. The van der Waals surface area contributed by atoms with Crippen molar-refractivity contribution >= 4 is 0 Å². The van der Waals surface area contributed by atoms with Gasteiger partial charge in [0.1, 0.15) is 0 Å². The average Bonchev–Trinajstić information content (AvgIpc) is 2.12. The van der Waals surface area contributed by atoms with Crippen molar-refractivity contribution in [3.63, 3.8) is 0 Å². The summed E-state index contributed by atoms with van der Waals surface area (Å²) in [5.74, 6) is 0.771. The van der Waals surface area contributed by atoms with E-state index in [2.05, 4.69) is 32.0 Å². The van der Waals surface area contributed by atoms with Crippen molar-refractivity contribution in [2.24, 2.45) is 5.41 Å². The lowest BCUT2D eigenvalue weighted by molar-refractivity contribution is 0.352. The van der Waals surface area contributed by atoms with Crippen molar-refractivity contribution in [2.45, 2.75) is 27.2 Å². The van der Waals surface area contributed by atoms with Gasteiger partial charge >= 0.3 is 0 Å². The molecule has 0 saturated carbocycles. The minimum atomic E-state index is 0.249. The van der Waals surface area contributed by atoms with Crippen LogP contribution in [-0.4, -0.2) is 4.98 Å². The fourth-order valence-corrected chi connectivity index (χ4v) is 0.754. The van der Waals surface area contributed by atoms with Crippen molar-refractivity contribution in [2.75, 3.05) is 0 Å². The van der Waals surface area contributed by atoms with Crippen LogP contribution in [-0.2, 0) is 6.42 Å². The van der Waals surface area contributed by atoms with Gasteiger partial charge in [-0.05, 0) is 5.41 Å². The first-order chi connectivity index (χ1) is 4.58. The van der Waals surface area contributed by atoms with Crippen LogP contribution in [0.5, 0.6) is 0 Å². The zero-order chi connectivity index (χ0) is 7.61. The largest absolute Gasteiger partial charge is 0.437 e. The number of nitrogens with zero attached hydrogens (tertiary/aromatic N) is 1. The van der Waals surface area contributed by atoms with Crippen LogP contribution in [0.25, 0.3) is 0 Å². The second-order valence-electron chi connectivity index (χ2n) is 3.61. The molecule has 0 atom stereocenters. The molecule has 0 saturated heterocycles. The van der Waals surface area contributed by atoms with Crippen molar-refractivity contribution in [3.05, 3.63) is 18.4 Å². The van der Waals surface area contributed by atoms with Gasteiger partial charge in [0.15, 0.2) is 12.2 Å². The smallest absolute Gasteiger partial charge is 0.195 e. The summed E-state index contributed by atoms with van der Waals surface area (Å²) in [5.41, 5.74) is 0.249. The maximum atomic E-state index is 4.97. The Kier molecular flexibility index (Phi) is 1.79. The standard InChI is InChI=1S/C8H12NO/c1-8(2,3)6-7-9-4-5-10-7/h4H,6H2,1-3H3. The lowest BCUT2D eigenvalue weighted by Crippen LogP contribution is -2.08. The Labute approximate surface area is 61.3 Å². The third-order valence-corrected chi connectivity index (χ3v) is 1.12. The summed E-state index contributed by atoms with van der Waals surface area (Å²) in [6.45, 7) is 6.45. The van der Waals surface area contributed by atoms with Crippen LogP contribution in [0.4, 0.5) is 0 Å². The van der Waals surface area contributed by atoms with Crippen LogP contribution in [0.3, 0.4) is 0 Å². The van der Waals surface area contributed by atoms with E-state index in [1.807, 2.05) is 0 Å². The van der Waals surface area contributed by atoms with E-state index in [1.165, 1.54) is 0 Å². The molecule has 0 fully saturated rings. The fraction of sp³-hybridized carbons (Fsp3) is 0.625. The van der Waals surface area contributed by atoms with E-state index in [4.69, 9.17) is 4.42 Å². The van der Waals surface area contributed by atoms with Crippen LogP contribution in [0.15, 0.2) is 10.6 Å². The van der Waals surface area contributed by atoms with E-state index in [0.29, 0.717) is 0 Å². The zero-order valence-corrected chi connectivity index (χ0v) is 6.64. The summed E-state index contributed by atoms with van der Waals surface area (Å²) in [4.78, 5) is 3.98. The van der Waals surface area contributed by atoms with E-state index < -0.39 is 0 Å². The molecule has 0 unspecified atom stereocenters. The Balaban J connectivity index is 2.57. The highest BCUT2D eigenvalue weighted by Crippen LogP contribution is 2.18. The highest BCUT2D eigenvalue weighted by Gasteiger charge is 2.13. The zero-order valence-electron chi connectivity index (χ0n) is 6.64. The normalized spacial score (nSPS) is 11.9. The van der Waals surface area contributed by atoms with Crippen molar-refractivity contribution in [1.29, 1.82) is 0 Å². The van der Waals surface area contributed by atoms with Crippen LogP contribution in [0, 0.1) is 11.7 Å². The molecular weight excluding hydrogens is 126 g/mol. The van der Waals surface area contributed by atoms with Gasteiger partial charge < -0.3 is 4.42 Å². The minimum Gasteiger partial charge on any atom is -0.437 e. The molecule has 1 heterocycles. The average molecular weight is 138 g/mol. The first-order valence-electron chi connectivity index (χ1n) is 3.39. The highest BCUT2D eigenvalue weighted by molar-refractivity contribution is 4.83. The van der Waals surface area contributed by atoms with Crippen molar-refractivity contribution in [3.8, 4) is 0 Å². The van der Waals surface area contributed by atoms with E-state index in [9.17, 15) is 0 Å². The molecule has 0 N–H and O–H groups in total. The summed E-state index contributed by atoms with van der Waals surface area (Å²) in [5, 5.41) is 0. The van der Waals surface area contributed by atoms with E-state index >= 15 is 0 Å². The van der Waals surface area contributed by atoms with Crippen molar-refractivity contribution in [1.82, 2.24) is 4.98 Å². The summed E-state index contributed by atoms with van der Waals surface area (Å²) in [6.07, 6.45) is 4.99. The molecule has 1 aromatic rings. The molecule has 55 valence electrons. The second-order valence-corrected chi connectivity index (χ2v) is 3.61. The number of oxazole rings is 1. The maximum absolute atomic E-state index is 4.97. The second kappa shape index (κ2) is 2.45. The predicted molar refractivity (Wildman–Crippen MR) is 38.5 cm³/mol. The van der Waals surface area contributed by atoms with Gasteiger partial charge in [-0.25, -0.2) is 4.98 Å². The van der Waals surface area contributed by atoms with Gasteiger partial charge in [-0.1, -0.05) is 20.8 Å². The SMILES string of the molecule is CC(C)(C)Cc1nc[c]o1. The highest BCUT2D eigenvalue weighted by atomic mass is 16.3. The molecule has 0 spiro atoms. The molecule has 0 bridgehead atoms. The topological polar surface area (TPSA) is 26.0 Å². The van der Waals surface area contributed by atoms with Gasteiger partial charge in [-0.15, -0.1) is 0 Å². The Bertz CT molecular complexity index is 184. The van der Waals surface area contributed by atoms with Gasteiger partial charge in [0.05, 0.1) is 6.20 Å². The van der Waals surface area contributed by atoms with Gasteiger partial charge in [-0.3, -0.25) is 0 Å². The molecule has 2 nitrogen and oxygen atoms in total. The predicted octanol–water partition coefficient (Wildman–Crippen LogP) is 2.06. The third-order valence-electron chi connectivity index (χ3n) is 1.12. The van der Waals surface area contributed by atoms with Gasteiger partial charge in [0.2, 0.25) is 0 Å². The molecule has 0 amide bonds. The lowest BCUT2D eigenvalue weighted by atomic mass is 9.92. The van der Waals surface area contributed by atoms with Gasteiger partial charge in [0.25, 0.3) is 0 Å². The molecule has 1 rings (SSSR count). The van der Waals surface area contributed by atoms with Gasteiger partial charge in [-0.2, -0.15) is 0 Å². The third kappa shape index (κ3) is 2.21. The molecule has 0 aliphatic carbocycles. The summed E-state index contributed by atoms with van der Waals surface area (Å²) in [6, 6.07) is 0. The van der Waals surface area contributed by atoms with E-state index in [0.717, 1.165) is 12.3 Å². The van der Waals surface area contributed by atoms with E-state index in [1.54, 1.807) is 6.20 Å². The van der Waals surface area contributed by atoms with Crippen LogP contribution < -0.4 is 0 Å².